The summed E-state index contributed by atoms with van der Waals surface area (Å²) in [6.07, 6.45) is 0.126. The van der Waals surface area contributed by atoms with Crippen molar-refractivity contribution >= 4 is 0 Å². The van der Waals surface area contributed by atoms with Crippen molar-refractivity contribution in [2.75, 3.05) is 33.3 Å². The first kappa shape index (κ1) is 17.3. The van der Waals surface area contributed by atoms with Crippen LogP contribution in [0.1, 0.15) is 39.4 Å². The Bertz CT molecular complexity index is 596. The molecule has 25 heavy (non-hydrogen) atoms. The van der Waals surface area contributed by atoms with E-state index >= 15 is 0 Å². The first-order chi connectivity index (χ1) is 11.8. The quantitative estimate of drug-likeness (QED) is 0.911. The number of nitrogens with zero attached hydrogens (tertiary/aromatic N) is 2. The summed E-state index contributed by atoms with van der Waals surface area (Å²) in [5.41, 5.74) is 1.32. The number of rotatable bonds is 4. The number of methoxy groups -OCH3 is 1. The van der Waals surface area contributed by atoms with Crippen LogP contribution in [0.5, 0.6) is 5.75 Å². The maximum absolute atomic E-state index is 11.4. The van der Waals surface area contributed by atoms with Crippen molar-refractivity contribution in [3.63, 3.8) is 0 Å². The number of benzene rings is 1. The molecule has 4 bridgehead atoms. The molecule has 0 unspecified atom stereocenters. The van der Waals surface area contributed by atoms with Gasteiger partial charge in [-0.25, -0.2) is 0 Å². The molecule has 0 saturated carbocycles. The van der Waals surface area contributed by atoms with Crippen molar-refractivity contribution in [1.82, 2.24) is 9.80 Å². The molecule has 0 amide bonds. The van der Waals surface area contributed by atoms with Crippen LogP contribution in [0.4, 0.5) is 0 Å². The van der Waals surface area contributed by atoms with Gasteiger partial charge < -0.3 is 9.84 Å². The minimum absolute atomic E-state index is 0.0102. The molecule has 4 nitrogen and oxygen atoms in total. The zero-order valence-electron chi connectivity index (χ0n) is 16.2. The molecular weight excluding hydrogens is 312 g/mol. The van der Waals surface area contributed by atoms with Crippen molar-refractivity contribution in [3.05, 3.63) is 29.8 Å². The molecule has 4 fully saturated rings. The summed E-state index contributed by atoms with van der Waals surface area (Å²) in [4.78, 5) is 5.25. The average Bonchev–Trinajstić information content (AvgIpc) is 2.58. The van der Waals surface area contributed by atoms with Crippen molar-refractivity contribution in [1.29, 1.82) is 0 Å². The predicted molar refractivity (Wildman–Crippen MR) is 99.4 cm³/mol. The molecule has 4 heterocycles. The van der Waals surface area contributed by atoms with E-state index in [9.17, 15) is 5.11 Å². The summed E-state index contributed by atoms with van der Waals surface area (Å²) in [5.74, 6) is 1.86. The lowest BCUT2D eigenvalue weighted by Gasteiger charge is -2.71. The molecule has 4 saturated heterocycles. The molecule has 0 atom stereocenters. The second kappa shape index (κ2) is 5.70. The van der Waals surface area contributed by atoms with Crippen LogP contribution >= 0.6 is 0 Å². The van der Waals surface area contributed by atoms with E-state index in [0.717, 1.165) is 31.9 Å². The van der Waals surface area contributed by atoms with E-state index in [2.05, 4.69) is 61.8 Å². The second-order valence-corrected chi connectivity index (χ2v) is 9.14. The highest BCUT2D eigenvalue weighted by atomic mass is 16.5. The van der Waals surface area contributed by atoms with Crippen LogP contribution in [0, 0.1) is 22.7 Å². The fourth-order valence-electron chi connectivity index (χ4n) is 5.78. The van der Waals surface area contributed by atoms with Crippen molar-refractivity contribution in [2.45, 2.75) is 40.0 Å². The Morgan fingerprint density at radius 3 is 1.72 bits per heavy atom. The smallest absolute Gasteiger partial charge is 0.118 e. The van der Waals surface area contributed by atoms with Gasteiger partial charge in [0.15, 0.2) is 0 Å². The number of aliphatic hydroxyl groups is 1. The first-order valence-corrected chi connectivity index (χ1v) is 9.64. The third kappa shape index (κ3) is 2.23. The number of ether oxygens (including phenoxy) is 1. The number of hydrogen-bond acceptors (Lipinski definition) is 4. The topological polar surface area (TPSA) is 35.9 Å². The molecular formula is C21H32N2O2. The molecule has 0 aromatic heterocycles. The highest BCUT2D eigenvalue weighted by Crippen LogP contribution is 2.59. The van der Waals surface area contributed by atoms with Crippen LogP contribution in [0.25, 0.3) is 0 Å². The van der Waals surface area contributed by atoms with Crippen LogP contribution in [0.3, 0.4) is 0 Å². The minimum Gasteiger partial charge on any atom is -0.497 e. The summed E-state index contributed by atoms with van der Waals surface area (Å²) in [6.45, 7) is 13.1. The molecule has 1 aromatic rings. The van der Waals surface area contributed by atoms with Gasteiger partial charge in [-0.2, -0.15) is 0 Å². The number of aliphatic hydroxyl groups excluding tert-OH is 1. The van der Waals surface area contributed by atoms with E-state index in [0.29, 0.717) is 18.0 Å². The molecule has 138 valence electrons. The molecule has 4 aliphatic rings. The van der Waals surface area contributed by atoms with E-state index in [1.54, 1.807) is 7.11 Å². The molecule has 1 aromatic carbocycles. The monoisotopic (exact) mass is 344 g/mol. The first-order valence-electron chi connectivity index (χ1n) is 9.64. The molecule has 0 aliphatic carbocycles. The van der Waals surface area contributed by atoms with Gasteiger partial charge in [-0.05, 0) is 29.5 Å². The fraction of sp³-hybridized carbons (Fsp3) is 0.714. The van der Waals surface area contributed by atoms with E-state index in [4.69, 9.17) is 4.74 Å². The third-order valence-electron chi connectivity index (χ3n) is 7.48. The second-order valence-electron chi connectivity index (χ2n) is 9.14. The van der Waals surface area contributed by atoms with Gasteiger partial charge in [0.2, 0.25) is 0 Å². The van der Waals surface area contributed by atoms with Gasteiger partial charge in [0.1, 0.15) is 5.75 Å². The Balaban J connectivity index is 1.73. The van der Waals surface area contributed by atoms with Crippen LogP contribution < -0.4 is 4.74 Å². The molecule has 5 rings (SSSR count). The Morgan fingerprint density at radius 1 is 0.920 bits per heavy atom. The van der Waals surface area contributed by atoms with Crippen LogP contribution in [-0.2, 0) is 0 Å². The minimum atomic E-state index is -0.204. The van der Waals surface area contributed by atoms with Gasteiger partial charge in [0.25, 0.3) is 0 Å². The summed E-state index contributed by atoms with van der Waals surface area (Å²) in [5, 5.41) is 11.4. The SMILES string of the molecule is COc1ccc(C2N3CC4(C(C)C)CN2CC(C(C)C)(C3)C4O)cc1. The molecule has 1 N–H and O–H groups in total. The zero-order valence-corrected chi connectivity index (χ0v) is 16.2. The Kier molecular flexibility index (Phi) is 3.95. The summed E-state index contributed by atoms with van der Waals surface area (Å²) < 4.78 is 5.32. The summed E-state index contributed by atoms with van der Waals surface area (Å²) in [7, 11) is 1.71. The van der Waals surface area contributed by atoms with E-state index in [1.807, 2.05) is 0 Å². The van der Waals surface area contributed by atoms with Crippen LogP contribution in [0.2, 0.25) is 0 Å². The van der Waals surface area contributed by atoms with E-state index in [1.165, 1.54) is 5.56 Å². The largest absolute Gasteiger partial charge is 0.497 e. The molecule has 4 aliphatic heterocycles. The van der Waals surface area contributed by atoms with Gasteiger partial charge in [0, 0.05) is 37.0 Å². The van der Waals surface area contributed by atoms with Crippen LogP contribution in [0.15, 0.2) is 24.3 Å². The Hall–Kier alpha value is -1.10. The van der Waals surface area contributed by atoms with Crippen molar-refractivity contribution in [2.24, 2.45) is 22.7 Å². The van der Waals surface area contributed by atoms with E-state index < -0.39 is 0 Å². The van der Waals surface area contributed by atoms with Gasteiger partial charge in [-0.15, -0.1) is 0 Å². The van der Waals surface area contributed by atoms with Gasteiger partial charge >= 0.3 is 0 Å². The van der Waals surface area contributed by atoms with E-state index in [-0.39, 0.29) is 16.9 Å². The Labute approximate surface area is 151 Å². The zero-order chi connectivity index (χ0) is 18.0. The Morgan fingerprint density at radius 2 is 1.36 bits per heavy atom. The van der Waals surface area contributed by atoms with Crippen molar-refractivity contribution < 1.29 is 9.84 Å². The lowest BCUT2D eigenvalue weighted by atomic mass is 9.52. The molecule has 4 heteroatoms. The lowest BCUT2D eigenvalue weighted by Crippen LogP contribution is -2.80. The highest BCUT2D eigenvalue weighted by Gasteiger charge is 2.66. The molecule has 0 radical (unpaired) electrons. The van der Waals surface area contributed by atoms with Gasteiger partial charge in [-0.3, -0.25) is 9.80 Å². The number of hydrogen-bond donors (Lipinski definition) is 1. The summed E-state index contributed by atoms with van der Waals surface area (Å²) in [6, 6.07) is 8.53. The summed E-state index contributed by atoms with van der Waals surface area (Å²) >= 11 is 0. The predicted octanol–water partition coefficient (Wildman–Crippen LogP) is 2.98. The average molecular weight is 344 g/mol. The maximum Gasteiger partial charge on any atom is 0.118 e. The van der Waals surface area contributed by atoms with Gasteiger partial charge in [0.05, 0.1) is 19.4 Å². The van der Waals surface area contributed by atoms with Gasteiger partial charge in [-0.1, -0.05) is 39.8 Å². The maximum atomic E-state index is 11.4. The normalized spacial score (nSPS) is 42.4. The highest BCUT2D eigenvalue weighted by molar-refractivity contribution is 5.31. The fourth-order valence-corrected chi connectivity index (χ4v) is 5.78. The van der Waals surface area contributed by atoms with Crippen LogP contribution in [-0.4, -0.2) is 54.3 Å². The van der Waals surface area contributed by atoms with Crippen molar-refractivity contribution in [3.8, 4) is 5.75 Å². The standard InChI is InChI=1S/C21H32N2O2/c1-14(2)20-10-22-12-21(15(3)4,19(20)24)13-23(11-20)18(22)16-6-8-17(25-5)9-7-16/h6-9,14-15,18-19,24H,10-13H2,1-5H3. The third-order valence-corrected chi connectivity index (χ3v) is 7.48. The lowest BCUT2D eigenvalue weighted by molar-refractivity contribution is -0.287. The number of piperidine rings is 2. The molecule has 0 spiro atoms.